The summed E-state index contributed by atoms with van der Waals surface area (Å²) in [6.45, 7) is 4.70. The van der Waals surface area contributed by atoms with Gasteiger partial charge < -0.3 is 4.57 Å². The number of hydrogen-bond donors (Lipinski definition) is 1. The van der Waals surface area contributed by atoms with Gasteiger partial charge in [0.1, 0.15) is 11.5 Å². The lowest BCUT2D eigenvalue weighted by molar-refractivity contribution is 0.625. The van der Waals surface area contributed by atoms with Crippen LogP contribution in [0.2, 0.25) is 0 Å². The Kier molecular flexibility index (Phi) is 2.87. The van der Waals surface area contributed by atoms with E-state index in [0.717, 1.165) is 29.8 Å². The van der Waals surface area contributed by atoms with Gasteiger partial charge >= 0.3 is 5.69 Å². The van der Waals surface area contributed by atoms with E-state index in [1.807, 2.05) is 11.5 Å². The van der Waals surface area contributed by atoms with Crippen LogP contribution in [0.3, 0.4) is 0 Å². The van der Waals surface area contributed by atoms with Gasteiger partial charge in [0, 0.05) is 13.6 Å². The molecule has 0 fully saturated rings. The molecule has 0 radical (unpaired) electrons. The highest BCUT2D eigenvalue weighted by Crippen LogP contribution is 2.09. The fourth-order valence-electron chi connectivity index (χ4n) is 1.87. The molecule has 17 heavy (non-hydrogen) atoms. The zero-order valence-corrected chi connectivity index (χ0v) is 10.3. The standard InChI is InChI=1S/C11H16N4O2/c1-4-5-6-15-7(2)12-8-9(15)13-11(17)14(3)10(8)16/h4-6H2,1-3H3,(H,13,17). The van der Waals surface area contributed by atoms with Gasteiger partial charge in [0.2, 0.25) is 0 Å². The quantitative estimate of drug-likeness (QED) is 0.845. The lowest BCUT2D eigenvalue weighted by atomic mass is 10.3. The second-order valence-corrected chi connectivity index (χ2v) is 4.16. The van der Waals surface area contributed by atoms with Crippen LogP contribution in [-0.2, 0) is 13.6 Å². The maximum Gasteiger partial charge on any atom is 0.329 e. The summed E-state index contributed by atoms with van der Waals surface area (Å²) in [5, 5.41) is 0. The summed E-state index contributed by atoms with van der Waals surface area (Å²) in [7, 11) is 1.45. The molecule has 0 aliphatic heterocycles. The minimum absolute atomic E-state index is 0.334. The summed E-state index contributed by atoms with van der Waals surface area (Å²) >= 11 is 0. The van der Waals surface area contributed by atoms with E-state index in [0.29, 0.717) is 11.2 Å². The van der Waals surface area contributed by atoms with Gasteiger partial charge in [0.05, 0.1) is 0 Å². The van der Waals surface area contributed by atoms with Crippen molar-refractivity contribution in [3.05, 3.63) is 26.7 Å². The molecule has 0 amide bonds. The summed E-state index contributed by atoms with van der Waals surface area (Å²) in [4.78, 5) is 30.3. The third-order valence-electron chi connectivity index (χ3n) is 2.93. The van der Waals surface area contributed by atoms with E-state index in [1.165, 1.54) is 7.05 Å². The normalized spacial score (nSPS) is 11.2. The highest BCUT2D eigenvalue weighted by Gasteiger charge is 2.13. The molecule has 0 bridgehead atoms. The van der Waals surface area contributed by atoms with Crippen molar-refractivity contribution < 1.29 is 0 Å². The molecule has 0 aliphatic rings. The predicted octanol–water partition coefficient (Wildman–Crippen LogP) is 0.532. The number of aromatic nitrogens is 4. The first kappa shape index (κ1) is 11.6. The zero-order chi connectivity index (χ0) is 12.6. The van der Waals surface area contributed by atoms with E-state index >= 15 is 0 Å². The first-order chi connectivity index (χ1) is 8.06. The Morgan fingerprint density at radius 2 is 2.06 bits per heavy atom. The van der Waals surface area contributed by atoms with Crippen LogP contribution in [0.1, 0.15) is 25.6 Å². The Morgan fingerprint density at radius 1 is 1.35 bits per heavy atom. The van der Waals surface area contributed by atoms with Gasteiger partial charge in [-0.25, -0.2) is 9.78 Å². The smallest absolute Gasteiger partial charge is 0.314 e. The van der Waals surface area contributed by atoms with Crippen LogP contribution in [-0.4, -0.2) is 19.1 Å². The monoisotopic (exact) mass is 236 g/mol. The first-order valence-electron chi connectivity index (χ1n) is 5.72. The number of H-pyrrole nitrogens is 1. The van der Waals surface area contributed by atoms with Crippen LogP contribution in [0, 0.1) is 6.92 Å². The number of aromatic amines is 1. The molecular weight excluding hydrogens is 220 g/mol. The van der Waals surface area contributed by atoms with Gasteiger partial charge in [-0.3, -0.25) is 14.3 Å². The summed E-state index contributed by atoms with van der Waals surface area (Å²) in [6.07, 6.45) is 2.04. The summed E-state index contributed by atoms with van der Waals surface area (Å²) in [6, 6.07) is 0. The largest absolute Gasteiger partial charge is 0.329 e. The molecule has 1 N–H and O–H groups in total. The number of aryl methyl sites for hydroxylation is 2. The Morgan fingerprint density at radius 3 is 2.71 bits per heavy atom. The van der Waals surface area contributed by atoms with Crippen molar-refractivity contribution in [3.63, 3.8) is 0 Å². The van der Waals surface area contributed by atoms with Gasteiger partial charge in [0.25, 0.3) is 5.56 Å². The minimum Gasteiger partial charge on any atom is -0.314 e. The van der Waals surface area contributed by atoms with Crippen LogP contribution in [0.5, 0.6) is 0 Å². The van der Waals surface area contributed by atoms with Crippen LogP contribution >= 0.6 is 0 Å². The molecule has 6 nitrogen and oxygen atoms in total. The molecule has 0 unspecified atom stereocenters. The maximum absolute atomic E-state index is 11.9. The second-order valence-electron chi connectivity index (χ2n) is 4.16. The van der Waals surface area contributed by atoms with Crippen molar-refractivity contribution in [2.45, 2.75) is 33.2 Å². The SMILES string of the molecule is CCCCn1c(C)nc2c(=O)n(C)c(=O)[nH]c21. The number of imidazole rings is 1. The maximum atomic E-state index is 11.9. The molecule has 2 heterocycles. The first-order valence-corrected chi connectivity index (χ1v) is 5.72. The Balaban J connectivity index is 2.74. The lowest BCUT2D eigenvalue weighted by Crippen LogP contribution is -2.32. The van der Waals surface area contributed by atoms with E-state index in [9.17, 15) is 9.59 Å². The Hall–Kier alpha value is -1.85. The number of rotatable bonds is 3. The average molecular weight is 236 g/mol. The van der Waals surface area contributed by atoms with E-state index < -0.39 is 5.69 Å². The lowest BCUT2D eigenvalue weighted by Gasteiger charge is -2.04. The summed E-state index contributed by atoms with van der Waals surface area (Å²) < 4.78 is 2.93. The highest BCUT2D eigenvalue weighted by atomic mass is 16.2. The van der Waals surface area contributed by atoms with E-state index in [2.05, 4.69) is 16.9 Å². The second kappa shape index (κ2) is 4.20. The number of nitrogens with zero attached hydrogens (tertiary/aromatic N) is 3. The Labute approximate surface area is 97.9 Å². The van der Waals surface area contributed by atoms with Crippen LogP contribution in [0.25, 0.3) is 11.2 Å². The van der Waals surface area contributed by atoms with E-state index in [1.54, 1.807) is 0 Å². The zero-order valence-electron chi connectivity index (χ0n) is 10.3. The molecule has 0 saturated carbocycles. The Bertz CT molecular complexity index is 662. The van der Waals surface area contributed by atoms with Gasteiger partial charge in [-0.2, -0.15) is 0 Å². The topological polar surface area (TPSA) is 72.7 Å². The number of unbranched alkanes of at least 4 members (excludes halogenated alkanes) is 1. The van der Waals surface area contributed by atoms with Crippen molar-refractivity contribution >= 4 is 11.2 Å². The van der Waals surface area contributed by atoms with E-state index in [4.69, 9.17) is 0 Å². The van der Waals surface area contributed by atoms with Gasteiger partial charge in [-0.05, 0) is 13.3 Å². The van der Waals surface area contributed by atoms with Gasteiger partial charge in [-0.15, -0.1) is 0 Å². The van der Waals surface area contributed by atoms with E-state index in [-0.39, 0.29) is 5.56 Å². The molecule has 2 aromatic rings. The molecule has 2 rings (SSSR count). The number of fused-ring (bicyclic) bond motifs is 1. The van der Waals surface area contributed by atoms with Crippen molar-refractivity contribution in [3.8, 4) is 0 Å². The van der Waals surface area contributed by atoms with Crippen LogP contribution < -0.4 is 11.2 Å². The van der Waals surface area contributed by atoms with Crippen molar-refractivity contribution in [1.29, 1.82) is 0 Å². The average Bonchev–Trinajstić information content (AvgIpc) is 2.61. The molecule has 6 heteroatoms. The van der Waals surface area contributed by atoms with Crippen LogP contribution in [0.15, 0.2) is 9.59 Å². The van der Waals surface area contributed by atoms with Gasteiger partial charge in [-0.1, -0.05) is 13.3 Å². The number of hydrogen-bond acceptors (Lipinski definition) is 3. The molecule has 0 spiro atoms. The molecule has 0 atom stereocenters. The highest BCUT2D eigenvalue weighted by molar-refractivity contribution is 5.69. The predicted molar refractivity (Wildman–Crippen MR) is 65.2 cm³/mol. The molecule has 92 valence electrons. The van der Waals surface area contributed by atoms with Crippen LogP contribution in [0.4, 0.5) is 0 Å². The van der Waals surface area contributed by atoms with Crippen molar-refractivity contribution in [2.75, 3.05) is 0 Å². The fraction of sp³-hybridized carbons (Fsp3) is 0.545. The molecule has 0 saturated heterocycles. The van der Waals surface area contributed by atoms with Gasteiger partial charge in [0.15, 0.2) is 5.52 Å². The number of nitrogens with one attached hydrogen (secondary N) is 1. The van der Waals surface area contributed by atoms with Crippen molar-refractivity contribution in [1.82, 2.24) is 19.1 Å². The fourth-order valence-corrected chi connectivity index (χ4v) is 1.87. The van der Waals surface area contributed by atoms with Crippen molar-refractivity contribution in [2.24, 2.45) is 7.05 Å². The third-order valence-corrected chi connectivity index (χ3v) is 2.93. The summed E-state index contributed by atoms with van der Waals surface area (Å²) in [5.41, 5.74) is 0.118. The molecule has 0 aromatic carbocycles. The summed E-state index contributed by atoms with van der Waals surface area (Å²) in [5.74, 6) is 0.757. The molecular formula is C11H16N4O2. The molecule has 0 aliphatic carbocycles. The third kappa shape index (κ3) is 1.79. The molecule has 2 aromatic heterocycles. The minimum atomic E-state index is -0.403.